The zero-order valence-electron chi connectivity index (χ0n) is 14.4. The topological polar surface area (TPSA) is 123 Å². The van der Waals surface area contributed by atoms with Gasteiger partial charge in [-0.1, -0.05) is 81.7 Å². The summed E-state index contributed by atoms with van der Waals surface area (Å²) in [7, 11) is 1.62. The van der Waals surface area contributed by atoms with Gasteiger partial charge in [0, 0.05) is 72.5 Å². The second-order valence-electron chi connectivity index (χ2n) is 4.56. The third-order valence-corrected chi connectivity index (χ3v) is 2.49. The van der Waals surface area contributed by atoms with E-state index in [2.05, 4.69) is 9.47 Å². The third kappa shape index (κ3) is 96.6. The van der Waals surface area contributed by atoms with Gasteiger partial charge in [0.15, 0.2) is 0 Å². The first-order valence-electron chi connectivity index (χ1n) is 7.75. The van der Waals surface area contributed by atoms with Crippen LogP contribution in [-0.2, 0) is 56.5 Å². The fourth-order valence-electron chi connectivity index (χ4n) is 1.31. The fourth-order valence-corrected chi connectivity index (χ4v) is 1.31. The van der Waals surface area contributed by atoms with Crippen LogP contribution in [0.3, 0.4) is 0 Å². The summed E-state index contributed by atoms with van der Waals surface area (Å²) in [5.41, 5.74) is 0. The number of ether oxygens (including phenoxy) is 3. The number of methoxy groups -OCH3 is 1. The van der Waals surface area contributed by atoms with Crippen molar-refractivity contribution in [3.05, 3.63) is 0 Å². The largest absolute Gasteiger partial charge is 0.466 e. The maximum Gasteiger partial charge on any atom is 0.331 e. The number of hydrogen-bond donors (Lipinski definition) is 3. The number of carbonyl (C=O) groups excluding carboxylic acids is 2. The molecule has 9 heteroatoms. The van der Waals surface area contributed by atoms with Crippen LogP contribution in [-0.4, -0.2) is 74.0 Å². The molecule has 35 heavy (non-hydrogen) atoms. The van der Waals surface area contributed by atoms with Crippen molar-refractivity contribution in [1.29, 1.82) is 0 Å². The van der Waals surface area contributed by atoms with E-state index in [4.69, 9.17) is 20.1 Å². The molecule has 1 radical (unpaired) electrons. The minimum atomic E-state index is -0.650. The summed E-state index contributed by atoms with van der Waals surface area (Å²) >= 11 is 0. The number of aliphatic hydroxyl groups excluding tert-OH is 3. The zero-order chi connectivity index (χ0) is 17.8. The van der Waals surface area contributed by atoms with E-state index in [0.717, 1.165) is 25.7 Å². The standard InChI is InChI=1S/C6H10O2.C5H10O4.C4H10O2.11CH4.Y/c7-6-4-2-1-3-5-8-6;6-2-1-3-9-5(8)4-7;1-6-4-2-3-5;;;;;;;;;;;;/h1-5H2;6-7H,1-4H2;5H,2-4H2,1H3;11*1H4;. The molecule has 3 N–H and O–H groups in total. The molecule has 0 amide bonds. The molecule has 0 bridgehead atoms. The average Bonchev–Trinajstić information content (AvgIpc) is 2.81. The summed E-state index contributed by atoms with van der Waals surface area (Å²) in [5, 5.41) is 24.4. The zero-order valence-corrected chi connectivity index (χ0v) is 17.3. The van der Waals surface area contributed by atoms with Crippen LogP contribution >= 0.6 is 0 Å². The third-order valence-electron chi connectivity index (χ3n) is 2.49. The van der Waals surface area contributed by atoms with Crippen molar-refractivity contribution in [2.45, 2.75) is 120 Å². The number of cyclic esters (lactones) is 1. The Bertz CT molecular complexity index is 268. The number of hydrogen-bond acceptors (Lipinski definition) is 8. The quantitative estimate of drug-likeness (QED) is 0.210. The molecule has 1 aliphatic rings. The van der Waals surface area contributed by atoms with E-state index >= 15 is 0 Å². The van der Waals surface area contributed by atoms with Gasteiger partial charge in [-0.05, 0) is 25.7 Å². The van der Waals surface area contributed by atoms with Crippen LogP contribution in [0.2, 0.25) is 0 Å². The normalized spacial score (nSPS) is 8.86. The van der Waals surface area contributed by atoms with Gasteiger partial charge in [0.1, 0.15) is 6.61 Å². The Morgan fingerprint density at radius 1 is 0.771 bits per heavy atom. The van der Waals surface area contributed by atoms with Gasteiger partial charge in [-0.25, -0.2) is 4.79 Å². The Morgan fingerprint density at radius 2 is 1.20 bits per heavy atom. The van der Waals surface area contributed by atoms with Crippen LogP contribution < -0.4 is 0 Å². The molecule has 1 saturated heterocycles. The Balaban J connectivity index is -0.0000000136. The summed E-state index contributed by atoms with van der Waals surface area (Å²) in [6, 6.07) is 0. The summed E-state index contributed by atoms with van der Waals surface area (Å²) in [4.78, 5) is 20.6. The summed E-state index contributed by atoms with van der Waals surface area (Å²) in [6.07, 6.45) is 5.00. The number of rotatable bonds is 7. The molecule has 0 saturated carbocycles. The van der Waals surface area contributed by atoms with Crippen LogP contribution in [0.25, 0.3) is 0 Å². The number of aliphatic hydroxyl groups is 3. The van der Waals surface area contributed by atoms with Crippen molar-refractivity contribution in [2.24, 2.45) is 0 Å². The van der Waals surface area contributed by atoms with Crippen molar-refractivity contribution in [3.63, 3.8) is 0 Å². The predicted octanol–water partition coefficient (Wildman–Crippen LogP) is 7.02. The van der Waals surface area contributed by atoms with E-state index in [-0.39, 0.29) is 140 Å². The summed E-state index contributed by atoms with van der Waals surface area (Å²) in [6.45, 7) is 1.11. The molecule has 0 spiro atoms. The molecule has 0 aromatic carbocycles. The molecule has 1 heterocycles. The second kappa shape index (κ2) is 84.0. The molecular weight excluding hydrogens is 529 g/mol. The molecule has 0 aromatic rings. The Hall–Kier alpha value is -0.116. The van der Waals surface area contributed by atoms with E-state index in [1.54, 1.807) is 7.11 Å². The van der Waals surface area contributed by atoms with Crippen LogP contribution in [0.5, 0.6) is 0 Å². The van der Waals surface area contributed by atoms with E-state index in [9.17, 15) is 9.59 Å². The SMILES string of the molecule is C.C.C.C.C.C.C.C.C.C.C.COCCCO.O=C(CO)OCCCO.O=C1CCCCCO1.[Y]. The summed E-state index contributed by atoms with van der Waals surface area (Å²) < 4.78 is 13.8. The Kier molecular flexibility index (Phi) is 220. The first kappa shape index (κ1) is 91.8. The van der Waals surface area contributed by atoms with E-state index < -0.39 is 12.6 Å². The molecule has 229 valence electrons. The van der Waals surface area contributed by atoms with Gasteiger partial charge in [0.2, 0.25) is 0 Å². The van der Waals surface area contributed by atoms with E-state index in [0.29, 0.717) is 26.1 Å². The number of carbonyl (C=O) groups is 2. The van der Waals surface area contributed by atoms with Crippen LogP contribution in [0.1, 0.15) is 120 Å². The second-order valence-corrected chi connectivity index (χ2v) is 4.56. The van der Waals surface area contributed by atoms with Crippen molar-refractivity contribution in [1.82, 2.24) is 0 Å². The van der Waals surface area contributed by atoms with Crippen molar-refractivity contribution >= 4 is 11.9 Å². The average molecular weight is 604 g/mol. The molecule has 1 rings (SSSR count). The van der Waals surface area contributed by atoms with Gasteiger partial charge in [0.25, 0.3) is 0 Å². The van der Waals surface area contributed by atoms with E-state index in [1.807, 2.05) is 0 Å². The Morgan fingerprint density at radius 3 is 1.54 bits per heavy atom. The number of esters is 2. The van der Waals surface area contributed by atoms with Crippen molar-refractivity contribution in [3.8, 4) is 0 Å². The minimum absolute atomic E-state index is 0. The maximum atomic E-state index is 10.5. The van der Waals surface area contributed by atoms with Crippen LogP contribution in [0.15, 0.2) is 0 Å². The molecule has 0 atom stereocenters. The van der Waals surface area contributed by atoms with Crippen LogP contribution in [0.4, 0.5) is 0 Å². The van der Waals surface area contributed by atoms with Gasteiger partial charge in [0.05, 0.1) is 13.2 Å². The van der Waals surface area contributed by atoms with Gasteiger partial charge < -0.3 is 29.5 Å². The molecule has 8 nitrogen and oxygen atoms in total. The molecule has 0 aromatic heterocycles. The monoisotopic (exact) mass is 603 g/mol. The first-order valence-corrected chi connectivity index (χ1v) is 7.75. The van der Waals surface area contributed by atoms with Gasteiger partial charge in [-0.2, -0.15) is 0 Å². The minimum Gasteiger partial charge on any atom is -0.466 e. The first-order chi connectivity index (χ1) is 11.1. The molecular formula is C26H74O8Y. The van der Waals surface area contributed by atoms with Crippen molar-refractivity contribution in [2.75, 3.05) is 46.8 Å². The fraction of sp³-hybridized carbons (Fsp3) is 0.923. The predicted molar refractivity (Wildman–Crippen MR) is 157 cm³/mol. The summed E-state index contributed by atoms with van der Waals surface area (Å²) in [5.74, 6) is -0.675. The molecule has 0 aliphatic carbocycles. The smallest absolute Gasteiger partial charge is 0.331 e. The van der Waals surface area contributed by atoms with E-state index in [1.165, 1.54) is 0 Å². The molecule has 1 fully saturated rings. The molecule has 0 unspecified atom stereocenters. The van der Waals surface area contributed by atoms with Crippen molar-refractivity contribution < 1.29 is 71.8 Å². The van der Waals surface area contributed by atoms with Gasteiger partial charge in [-0.15, -0.1) is 0 Å². The van der Waals surface area contributed by atoms with Gasteiger partial charge >= 0.3 is 11.9 Å². The maximum absolute atomic E-state index is 10.5. The Labute approximate surface area is 249 Å². The van der Waals surface area contributed by atoms with Crippen LogP contribution in [0, 0.1) is 0 Å². The van der Waals surface area contributed by atoms with Gasteiger partial charge in [-0.3, -0.25) is 4.79 Å². The molecule has 1 aliphatic heterocycles.